The van der Waals surface area contributed by atoms with Gasteiger partial charge in [0.25, 0.3) is 0 Å². The predicted molar refractivity (Wildman–Crippen MR) is 119 cm³/mol. The minimum absolute atomic E-state index is 0.126. The third-order valence-electron chi connectivity index (χ3n) is 4.35. The van der Waals surface area contributed by atoms with Crippen LogP contribution in [0.15, 0.2) is 23.4 Å². The maximum absolute atomic E-state index is 12.5. The summed E-state index contributed by atoms with van der Waals surface area (Å²) in [7, 11) is 0. The molecule has 1 atom stereocenters. The molecule has 3 aromatic rings. The van der Waals surface area contributed by atoms with Crippen LogP contribution in [0.5, 0.6) is 5.75 Å². The van der Waals surface area contributed by atoms with Gasteiger partial charge in [0.2, 0.25) is 11.0 Å². The number of carbonyl (C=O) groups excluding carboxylic acids is 1. The van der Waals surface area contributed by atoms with E-state index in [4.69, 9.17) is 4.74 Å². The summed E-state index contributed by atoms with van der Waals surface area (Å²) in [5.74, 6) is 1.40. The van der Waals surface area contributed by atoms with Crippen LogP contribution in [-0.2, 0) is 11.4 Å². The fourth-order valence-corrected chi connectivity index (χ4v) is 4.47. The van der Waals surface area contributed by atoms with E-state index in [1.54, 1.807) is 0 Å². The molecule has 0 aliphatic rings. The second kappa shape index (κ2) is 9.57. The van der Waals surface area contributed by atoms with Crippen LogP contribution in [0.1, 0.15) is 48.8 Å². The highest BCUT2D eigenvalue weighted by atomic mass is 32.2. The summed E-state index contributed by atoms with van der Waals surface area (Å²) in [6.07, 6.45) is 0. The molecule has 0 saturated heterocycles. The van der Waals surface area contributed by atoms with E-state index >= 15 is 0 Å². The van der Waals surface area contributed by atoms with Crippen molar-refractivity contribution in [3.8, 4) is 5.75 Å². The molecule has 0 spiro atoms. The highest BCUT2D eigenvalue weighted by molar-refractivity contribution is 8.00. The molecule has 160 valence electrons. The second-order valence-corrected chi connectivity index (χ2v) is 9.79. The fraction of sp³-hybridized carbons (Fsp3) is 0.450. The number of nitrogens with zero attached hydrogens (tertiary/aromatic N) is 5. The lowest BCUT2D eigenvalue weighted by molar-refractivity contribution is -0.115. The van der Waals surface area contributed by atoms with Gasteiger partial charge in [-0.15, -0.1) is 20.4 Å². The second-order valence-electron chi connectivity index (χ2n) is 7.30. The van der Waals surface area contributed by atoms with Gasteiger partial charge >= 0.3 is 0 Å². The van der Waals surface area contributed by atoms with Gasteiger partial charge in [0.15, 0.2) is 11.0 Å². The SMILES string of the molecule is Cc1ccc(OCc2nnc(S[C@H](C)C(=O)Nc3nnc(C)s3)n2C(C)C)c(C)c1. The number of aromatic nitrogens is 5. The van der Waals surface area contributed by atoms with Crippen LogP contribution in [0.25, 0.3) is 0 Å². The Morgan fingerprint density at radius 1 is 1.17 bits per heavy atom. The monoisotopic (exact) mass is 446 g/mol. The van der Waals surface area contributed by atoms with Crippen molar-refractivity contribution in [1.82, 2.24) is 25.0 Å². The van der Waals surface area contributed by atoms with E-state index in [1.807, 2.05) is 37.5 Å². The summed E-state index contributed by atoms with van der Waals surface area (Å²) in [4.78, 5) is 12.5. The van der Waals surface area contributed by atoms with Gasteiger partial charge in [-0.2, -0.15) is 0 Å². The smallest absolute Gasteiger partial charge is 0.239 e. The van der Waals surface area contributed by atoms with Crippen LogP contribution >= 0.6 is 23.1 Å². The Labute approximate surface area is 184 Å². The van der Waals surface area contributed by atoms with E-state index in [2.05, 4.69) is 52.5 Å². The Bertz CT molecular complexity index is 1030. The fourth-order valence-electron chi connectivity index (χ4n) is 2.87. The van der Waals surface area contributed by atoms with Crippen molar-refractivity contribution in [2.45, 2.75) is 64.6 Å². The molecular weight excluding hydrogens is 420 g/mol. The Morgan fingerprint density at radius 3 is 2.57 bits per heavy atom. The molecule has 0 fully saturated rings. The standard InChI is InChI=1S/C20H26N6O2S2/c1-11(2)26-17(10-28-16-8-7-12(3)9-13(16)4)23-25-20(26)29-14(5)18(27)21-19-24-22-15(6)30-19/h7-9,11,14H,10H2,1-6H3,(H,21,24,27)/t14-/m1/s1. The summed E-state index contributed by atoms with van der Waals surface area (Å²) < 4.78 is 8.00. The number of amides is 1. The van der Waals surface area contributed by atoms with E-state index in [-0.39, 0.29) is 17.2 Å². The van der Waals surface area contributed by atoms with Crippen LogP contribution in [0.2, 0.25) is 0 Å². The number of ether oxygens (including phenoxy) is 1. The van der Waals surface area contributed by atoms with Crippen molar-refractivity contribution in [1.29, 1.82) is 0 Å². The van der Waals surface area contributed by atoms with Crippen molar-refractivity contribution >= 4 is 34.1 Å². The lowest BCUT2D eigenvalue weighted by Crippen LogP contribution is -2.23. The number of aryl methyl sites for hydroxylation is 3. The van der Waals surface area contributed by atoms with Gasteiger partial charge in [-0.1, -0.05) is 40.8 Å². The molecule has 2 heterocycles. The third-order valence-corrected chi connectivity index (χ3v) is 6.16. The number of nitrogens with one attached hydrogen (secondary N) is 1. The number of hydrogen-bond donors (Lipinski definition) is 1. The van der Waals surface area contributed by atoms with Crippen molar-refractivity contribution in [3.05, 3.63) is 40.2 Å². The Hall–Kier alpha value is -2.46. The van der Waals surface area contributed by atoms with Crippen molar-refractivity contribution in [2.75, 3.05) is 5.32 Å². The number of carbonyl (C=O) groups is 1. The van der Waals surface area contributed by atoms with Crippen LogP contribution in [0.3, 0.4) is 0 Å². The molecular formula is C20H26N6O2S2. The summed E-state index contributed by atoms with van der Waals surface area (Å²) in [6.45, 7) is 12.2. The number of anilines is 1. The van der Waals surface area contributed by atoms with E-state index in [0.717, 1.165) is 22.1 Å². The van der Waals surface area contributed by atoms with E-state index < -0.39 is 0 Å². The molecule has 1 amide bonds. The van der Waals surface area contributed by atoms with Gasteiger partial charge in [-0.3, -0.25) is 10.1 Å². The van der Waals surface area contributed by atoms with Gasteiger partial charge in [-0.25, -0.2) is 0 Å². The average molecular weight is 447 g/mol. The highest BCUT2D eigenvalue weighted by Crippen LogP contribution is 2.27. The Morgan fingerprint density at radius 2 is 1.93 bits per heavy atom. The largest absolute Gasteiger partial charge is 0.485 e. The normalized spacial score (nSPS) is 12.2. The number of hydrogen-bond acceptors (Lipinski definition) is 8. The van der Waals surface area contributed by atoms with Crippen LogP contribution < -0.4 is 10.1 Å². The number of benzene rings is 1. The molecule has 2 aromatic heterocycles. The molecule has 3 rings (SSSR count). The van der Waals surface area contributed by atoms with Gasteiger partial charge in [0.1, 0.15) is 17.4 Å². The summed E-state index contributed by atoms with van der Waals surface area (Å²) in [6, 6.07) is 6.21. The van der Waals surface area contributed by atoms with Crippen LogP contribution in [-0.4, -0.2) is 36.1 Å². The van der Waals surface area contributed by atoms with E-state index in [9.17, 15) is 4.79 Å². The Kier molecular flexibility index (Phi) is 7.09. The first-order valence-corrected chi connectivity index (χ1v) is 11.4. The zero-order valence-electron chi connectivity index (χ0n) is 18.0. The zero-order chi connectivity index (χ0) is 21.8. The number of rotatable bonds is 8. The third kappa shape index (κ3) is 5.37. The van der Waals surface area contributed by atoms with Gasteiger partial charge in [0, 0.05) is 6.04 Å². The first-order chi connectivity index (χ1) is 14.2. The van der Waals surface area contributed by atoms with Gasteiger partial charge < -0.3 is 9.30 Å². The molecule has 0 saturated carbocycles. The maximum Gasteiger partial charge on any atom is 0.239 e. The molecule has 0 aliphatic heterocycles. The molecule has 0 bridgehead atoms. The quantitative estimate of drug-likeness (QED) is 0.515. The lowest BCUT2D eigenvalue weighted by Gasteiger charge is -2.16. The molecule has 10 heteroatoms. The molecule has 1 aromatic carbocycles. The van der Waals surface area contributed by atoms with Gasteiger partial charge in [-0.05, 0) is 53.2 Å². The predicted octanol–water partition coefficient (Wildman–Crippen LogP) is 4.33. The zero-order valence-corrected chi connectivity index (χ0v) is 19.6. The summed E-state index contributed by atoms with van der Waals surface area (Å²) in [5, 5.41) is 20.9. The molecule has 30 heavy (non-hydrogen) atoms. The van der Waals surface area contributed by atoms with Crippen LogP contribution in [0, 0.1) is 20.8 Å². The van der Waals surface area contributed by atoms with Crippen molar-refractivity contribution in [3.63, 3.8) is 0 Å². The van der Waals surface area contributed by atoms with Crippen molar-refractivity contribution in [2.24, 2.45) is 0 Å². The lowest BCUT2D eigenvalue weighted by atomic mass is 10.1. The molecule has 0 unspecified atom stereocenters. The minimum atomic E-state index is -0.371. The first kappa shape index (κ1) is 22.2. The van der Waals surface area contributed by atoms with Crippen LogP contribution in [0.4, 0.5) is 5.13 Å². The van der Waals surface area contributed by atoms with Gasteiger partial charge in [0.05, 0.1) is 5.25 Å². The average Bonchev–Trinajstić information content (AvgIpc) is 3.26. The first-order valence-electron chi connectivity index (χ1n) is 9.66. The van der Waals surface area contributed by atoms with E-state index in [1.165, 1.54) is 28.7 Å². The topological polar surface area (TPSA) is 94.8 Å². The maximum atomic E-state index is 12.5. The molecule has 1 N–H and O–H groups in total. The minimum Gasteiger partial charge on any atom is -0.485 e. The molecule has 0 radical (unpaired) electrons. The molecule has 8 nitrogen and oxygen atoms in total. The summed E-state index contributed by atoms with van der Waals surface area (Å²) in [5.41, 5.74) is 2.28. The summed E-state index contributed by atoms with van der Waals surface area (Å²) >= 11 is 2.70. The number of thioether (sulfide) groups is 1. The highest BCUT2D eigenvalue weighted by Gasteiger charge is 2.22. The Balaban J connectivity index is 1.69. The molecule has 0 aliphatic carbocycles. The van der Waals surface area contributed by atoms with E-state index in [0.29, 0.717) is 16.9 Å². The van der Waals surface area contributed by atoms with Crippen molar-refractivity contribution < 1.29 is 9.53 Å².